The summed E-state index contributed by atoms with van der Waals surface area (Å²) in [4.78, 5) is 0. The summed E-state index contributed by atoms with van der Waals surface area (Å²) >= 11 is 0. The number of hydrogen-bond acceptors (Lipinski definition) is 0. The molecule has 31 valence electrons. The van der Waals surface area contributed by atoms with Gasteiger partial charge in [-0.1, -0.05) is 13.8 Å². The summed E-state index contributed by atoms with van der Waals surface area (Å²) in [6.45, 7) is 9.00. The molecule has 0 aliphatic rings. The first-order valence-corrected chi connectivity index (χ1v) is 1.71. The van der Waals surface area contributed by atoms with Crippen molar-refractivity contribution in [2.24, 2.45) is 0 Å². The predicted octanol–water partition coefficient (Wildman–Crippen LogP) is 1.86. The molecule has 0 spiro atoms. The van der Waals surface area contributed by atoms with E-state index in [1.807, 2.05) is 13.8 Å². The SMILES string of the molecule is CC.[CH2-]C.[Y]. The molecule has 0 amide bonds. The minimum absolute atomic E-state index is 0. The molecule has 0 rings (SSSR count). The van der Waals surface area contributed by atoms with Crippen molar-refractivity contribution in [3.05, 3.63) is 6.92 Å². The van der Waals surface area contributed by atoms with Gasteiger partial charge in [-0.2, -0.15) is 6.92 Å². The van der Waals surface area contributed by atoms with Crippen LogP contribution in [0.15, 0.2) is 0 Å². The zero-order valence-electron chi connectivity index (χ0n) is 4.28. The first-order valence-electron chi connectivity index (χ1n) is 1.71. The van der Waals surface area contributed by atoms with Crippen LogP contribution < -0.4 is 0 Å². The fourth-order valence-corrected chi connectivity index (χ4v) is 0. The maximum atomic E-state index is 3.25. The monoisotopic (exact) mass is 148 g/mol. The van der Waals surface area contributed by atoms with Crippen LogP contribution in [-0.2, 0) is 32.7 Å². The minimum Gasteiger partial charge on any atom is -0.346 e. The van der Waals surface area contributed by atoms with Crippen LogP contribution in [0.4, 0.5) is 0 Å². The molecular formula is C4H11Y-. The molecule has 0 aromatic carbocycles. The largest absolute Gasteiger partial charge is 0.346 e. The predicted molar refractivity (Wildman–Crippen MR) is 22.4 cm³/mol. The molecule has 0 aromatic heterocycles. The van der Waals surface area contributed by atoms with Gasteiger partial charge in [0.15, 0.2) is 0 Å². The molecular weight excluding hydrogens is 137 g/mol. The topological polar surface area (TPSA) is 0 Å². The Bertz CT molecular complexity index is 3.61. The van der Waals surface area contributed by atoms with Crippen LogP contribution >= 0.6 is 0 Å². The summed E-state index contributed by atoms with van der Waals surface area (Å²) in [5.74, 6) is 0. The number of rotatable bonds is 0. The molecule has 0 unspecified atom stereocenters. The normalized spacial score (nSPS) is 2.40. The third-order valence-corrected chi connectivity index (χ3v) is 0. The first-order chi connectivity index (χ1) is 2.00. The van der Waals surface area contributed by atoms with Crippen LogP contribution in [-0.4, -0.2) is 0 Å². The Kier molecular flexibility index (Phi) is 233. The van der Waals surface area contributed by atoms with E-state index in [4.69, 9.17) is 0 Å². The van der Waals surface area contributed by atoms with E-state index < -0.39 is 0 Å². The molecule has 1 radical (unpaired) electrons. The average molecular weight is 148 g/mol. The van der Waals surface area contributed by atoms with Crippen molar-refractivity contribution in [1.82, 2.24) is 0 Å². The van der Waals surface area contributed by atoms with Crippen molar-refractivity contribution < 1.29 is 32.7 Å². The van der Waals surface area contributed by atoms with Gasteiger partial charge in [0.1, 0.15) is 0 Å². The summed E-state index contributed by atoms with van der Waals surface area (Å²) in [5, 5.41) is 0. The molecule has 0 N–H and O–H groups in total. The van der Waals surface area contributed by atoms with Gasteiger partial charge in [0.2, 0.25) is 0 Å². The van der Waals surface area contributed by atoms with E-state index in [1.165, 1.54) is 0 Å². The summed E-state index contributed by atoms with van der Waals surface area (Å²) < 4.78 is 0. The fourth-order valence-electron chi connectivity index (χ4n) is 0. The average Bonchev–Trinajstić information content (AvgIpc) is 1.50. The van der Waals surface area contributed by atoms with Gasteiger partial charge in [-0.15, -0.1) is 0 Å². The third kappa shape index (κ3) is 40.4. The quantitative estimate of drug-likeness (QED) is 0.460. The molecule has 0 fully saturated rings. The molecule has 0 saturated heterocycles. The molecule has 0 aliphatic heterocycles. The molecule has 1 heteroatoms. The van der Waals surface area contributed by atoms with Gasteiger partial charge in [-0.05, 0) is 0 Å². The summed E-state index contributed by atoms with van der Waals surface area (Å²) in [5.41, 5.74) is 0. The van der Waals surface area contributed by atoms with Crippen molar-refractivity contribution >= 4 is 0 Å². The Balaban J connectivity index is -0.0000000133. The van der Waals surface area contributed by atoms with Gasteiger partial charge in [-0.25, -0.2) is 0 Å². The Labute approximate surface area is 60.2 Å². The number of hydrogen-bond donors (Lipinski definition) is 0. The van der Waals surface area contributed by atoms with E-state index in [0.717, 1.165) is 0 Å². The second-order valence-corrected chi connectivity index (χ2v) is 0. The van der Waals surface area contributed by atoms with Gasteiger partial charge >= 0.3 is 0 Å². The van der Waals surface area contributed by atoms with E-state index in [9.17, 15) is 0 Å². The van der Waals surface area contributed by atoms with Crippen molar-refractivity contribution in [2.75, 3.05) is 0 Å². The first kappa shape index (κ1) is 16.5. The Morgan fingerprint density at radius 3 is 1.00 bits per heavy atom. The second-order valence-electron chi connectivity index (χ2n) is 0. The van der Waals surface area contributed by atoms with Crippen molar-refractivity contribution in [3.8, 4) is 0 Å². The molecule has 0 saturated carbocycles. The summed E-state index contributed by atoms with van der Waals surface area (Å²) in [7, 11) is 0. The van der Waals surface area contributed by atoms with Crippen molar-refractivity contribution in [1.29, 1.82) is 0 Å². The molecule has 0 heterocycles. The van der Waals surface area contributed by atoms with Gasteiger partial charge in [-0.3, -0.25) is 0 Å². The van der Waals surface area contributed by atoms with E-state index in [-0.39, 0.29) is 32.7 Å². The summed E-state index contributed by atoms with van der Waals surface area (Å²) in [6.07, 6.45) is 0. The van der Waals surface area contributed by atoms with Crippen LogP contribution in [0.5, 0.6) is 0 Å². The molecule has 0 bridgehead atoms. The maximum absolute atomic E-state index is 3.25. The van der Waals surface area contributed by atoms with Crippen LogP contribution in [0.3, 0.4) is 0 Å². The minimum atomic E-state index is 0. The Morgan fingerprint density at radius 1 is 1.00 bits per heavy atom. The zero-order chi connectivity index (χ0) is 4.00. The van der Waals surface area contributed by atoms with E-state index in [2.05, 4.69) is 6.92 Å². The molecule has 0 atom stereocenters. The van der Waals surface area contributed by atoms with Crippen LogP contribution in [0, 0.1) is 6.92 Å². The summed E-state index contributed by atoms with van der Waals surface area (Å²) in [6, 6.07) is 0. The van der Waals surface area contributed by atoms with Gasteiger partial charge in [0.05, 0.1) is 0 Å². The molecule has 0 aliphatic carbocycles. The fraction of sp³-hybridized carbons (Fsp3) is 0.750. The van der Waals surface area contributed by atoms with E-state index in [0.29, 0.717) is 0 Å². The third-order valence-electron chi connectivity index (χ3n) is 0. The van der Waals surface area contributed by atoms with E-state index in [1.54, 1.807) is 6.92 Å². The van der Waals surface area contributed by atoms with Gasteiger partial charge in [0.25, 0.3) is 0 Å². The molecule has 0 nitrogen and oxygen atoms in total. The molecule has 0 aromatic rings. The Hall–Kier alpha value is 1.10. The van der Waals surface area contributed by atoms with Crippen LogP contribution in [0.1, 0.15) is 20.8 Å². The second kappa shape index (κ2) is 70.5. The van der Waals surface area contributed by atoms with Gasteiger partial charge in [0, 0.05) is 32.7 Å². The van der Waals surface area contributed by atoms with Crippen LogP contribution in [0.25, 0.3) is 0 Å². The van der Waals surface area contributed by atoms with Crippen molar-refractivity contribution in [2.45, 2.75) is 20.8 Å². The van der Waals surface area contributed by atoms with Crippen molar-refractivity contribution in [3.63, 3.8) is 0 Å². The van der Waals surface area contributed by atoms with Crippen LogP contribution in [0.2, 0.25) is 0 Å². The molecule has 5 heavy (non-hydrogen) atoms. The van der Waals surface area contributed by atoms with E-state index >= 15 is 0 Å². The zero-order valence-corrected chi connectivity index (χ0v) is 7.12. The standard InChI is InChI=1S/C2H6.C2H5.Y/c2*1-2;/h1-2H3;1H2,2H3;/q;-1;. The van der Waals surface area contributed by atoms with Gasteiger partial charge < -0.3 is 6.92 Å². The Morgan fingerprint density at radius 2 is 1.00 bits per heavy atom. The smallest absolute Gasteiger partial charge is 0 e. The maximum Gasteiger partial charge on any atom is 0 e.